The highest BCUT2D eigenvalue weighted by Gasteiger charge is 2.24. The van der Waals surface area contributed by atoms with Gasteiger partial charge in [-0.1, -0.05) is 258 Å². The van der Waals surface area contributed by atoms with Crippen LogP contribution in [0.1, 0.15) is 297 Å². The van der Waals surface area contributed by atoms with Crippen molar-refractivity contribution in [1.29, 1.82) is 0 Å². The minimum absolute atomic E-state index is 0.0879. The Labute approximate surface area is 362 Å². The molecule has 58 heavy (non-hydrogen) atoms. The number of hydrogen-bond acceptors (Lipinski definition) is 5. The summed E-state index contributed by atoms with van der Waals surface area (Å²) in [4.78, 5) is 26.1. The summed E-state index contributed by atoms with van der Waals surface area (Å²) in [6, 6.07) is -0.691. The third-order valence-electron chi connectivity index (χ3n) is 12.4. The maximum Gasteiger partial charge on any atom is 0.306 e. The molecule has 3 N–H and O–H groups in total. The van der Waals surface area contributed by atoms with Crippen LogP contribution in [0.15, 0.2) is 0 Å². The molecule has 0 spiro atoms. The Morgan fingerprint density at radius 1 is 0.431 bits per heavy atom. The van der Waals surface area contributed by atoms with Crippen molar-refractivity contribution in [2.24, 2.45) is 0 Å². The maximum absolute atomic E-state index is 13.2. The summed E-state index contributed by atoms with van der Waals surface area (Å²) in [6.45, 7) is 6.51. The highest BCUT2D eigenvalue weighted by atomic mass is 16.5. The zero-order chi connectivity index (χ0) is 42.4. The van der Waals surface area contributed by atoms with E-state index in [0.717, 1.165) is 44.9 Å². The molecule has 0 saturated carbocycles. The molecule has 0 radical (unpaired) electrons. The normalized spacial score (nSPS) is 13.1. The van der Waals surface area contributed by atoms with Gasteiger partial charge in [-0.15, -0.1) is 0 Å². The Balaban J connectivity index is 4.51. The lowest BCUT2D eigenvalue weighted by Gasteiger charge is -2.24. The molecule has 3 atom stereocenters. The van der Waals surface area contributed by atoms with Gasteiger partial charge in [-0.05, 0) is 25.7 Å². The first-order valence-electron chi connectivity index (χ1n) is 26.3. The Morgan fingerprint density at radius 3 is 1.05 bits per heavy atom. The molecular formula is C52H103NO5. The molecule has 0 saturated heterocycles. The molecule has 1 amide bonds. The van der Waals surface area contributed by atoms with Gasteiger partial charge in [-0.25, -0.2) is 0 Å². The quantitative estimate of drug-likeness (QED) is 0.0420. The van der Waals surface area contributed by atoms with Crippen LogP contribution in [0.2, 0.25) is 0 Å². The Hall–Kier alpha value is -1.14. The average molecular weight is 822 g/mol. The number of esters is 1. The van der Waals surface area contributed by atoms with Crippen molar-refractivity contribution in [1.82, 2.24) is 5.32 Å². The highest BCUT2D eigenvalue weighted by molar-refractivity contribution is 5.77. The average Bonchev–Trinajstić information content (AvgIpc) is 3.22. The molecule has 6 nitrogen and oxygen atoms in total. The van der Waals surface area contributed by atoms with Gasteiger partial charge in [0.25, 0.3) is 0 Å². The summed E-state index contributed by atoms with van der Waals surface area (Å²) in [5.74, 6) is -0.451. The molecule has 0 bridgehead atoms. The summed E-state index contributed by atoms with van der Waals surface area (Å²) in [5, 5.41) is 23.8. The third-order valence-corrected chi connectivity index (χ3v) is 12.4. The molecule has 346 valence electrons. The van der Waals surface area contributed by atoms with Crippen LogP contribution in [0, 0.1) is 0 Å². The van der Waals surface area contributed by atoms with E-state index < -0.39 is 18.2 Å². The van der Waals surface area contributed by atoms with E-state index in [1.807, 2.05) is 0 Å². The van der Waals surface area contributed by atoms with Crippen LogP contribution < -0.4 is 5.32 Å². The molecular weight excluding hydrogens is 719 g/mol. The molecule has 3 unspecified atom stereocenters. The van der Waals surface area contributed by atoms with Crippen molar-refractivity contribution >= 4 is 11.9 Å². The zero-order valence-corrected chi connectivity index (χ0v) is 39.5. The van der Waals surface area contributed by atoms with Gasteiger partial charge < -0.3 is 20.3 Å². The number of aliphatic hydroxyl groups is 2. The molecule has 0 rings (SSSR count). The van der Waals surface area contributed by atoms with Crippen molar-refractivity contribution in [2.45, 2.75) is 315 Å². The fourth-order valence-corrected chi connectivity index (χ4v) is 8.43. The molecule has 0 aliphatic carbocycles. The van der Waals surface area contributed by atoms with Crippen LogP contribution in [-0.4, -0.2) is 46.9 Å². The number of nitrogens with one attached hydrogen (secondary N) is 1. The maximum atomic E-state index is 13.2. The SMILES string of the molecule is CCCCCCCCCCCCCCCCC(CC(=O)NC(CO)C(O)CCCCCCCCCCCCCCC)OC(=O)CCCCCCCCCCCCCC. The molecule has 0 aromatic rings. The van der Waals surface area contributed by atoms with Crippen LogP contribution in [0.25, 0.3) is 0 Å². The fourth-order valence-electron chi connectivity index (χ4n) is 8.43. The largest absolute Gasteiger partial charge is 0.462 e. The number of rotatable bonds is 48. The van der Waals surface area contributed by atoms with E-state index in [4.69, 9.17) is 4.74 Å². The van der Waals surface area contributed by atoms with Crippen LogP contribution in [0.3, 0.4) is 0 Å². The van der Waals surface area contributed by atoms with Crippen LogP contribution in [0.5, 0.6) is 0 Å². The summed E-state index contributed by atoms with van der Waals surface area (Å²) in [7, 11) is 0. The number of carbonyl (C=O) groups excluding carboxylic acids is 2. The summed E-state index contributed by atoms with van der Waals surface area (Å²) in [6.07, 6.45) is 50.1. The second-order valence-corrected chi connectivity index (χ2v) is 18.3. The van der Waals surface area contributed by atoms with Gasteiger partial charge in [0, 0.05) is 6.42 Å². The van der Waals surface area contributed by atoms with Gasteiger partial charge in [0.15, 0.2) is 0 Å². The molecule has 0 aliphatic rings. The molecule has 0 heterocycles. The van der Waals surface area contributed by atoms with E-state index in [9.17, 15) is 19.8 Å². The van der Waals surface area contributed by atoms with Crippen molar-refractivity contribution in [2.75, 3.05) is 6.61 Å². The zero-order valence-electron chi connectivity index (χ0n) is 39.5. The van der Waals surface area contributed by atoms with Crippen molar-refractivity contribution in [3.63, 3.8) is 0 Å². The number of aliphatic hydroxyl groups excluding tert-OH is 2. The summed E-state index contributed by atoms with van der Waals surface area (Å²) < 4.78 is 5.94. The first-order valence-corrected chi connectivity index (χ1v) is 26.3. The first-order chi connectivity index (χ1) is 28.5. The molecule has 0 fully saturated rings. The predicted molar refractivity (Wildman–Crippen MR) is 250 cm³/mol. The predicted octanol–water partition coefficient (Wildman–Crippen LogP) is 15.6. The molecule has 0 aromatic heterocycles. The van der Waals surface area contributed by atoms with Gasteiger partial charge >= 0.3 is 5.97 Å². The van der Waals surface area contributed by atoms with Crippen molar-refractivity contribution in [3.05, 3.63) is 0 Å². The number of ether oxygens (including phenoxy) is 1. The number of unbranched alkanes of at least 4 members (excludes halogenated alkanes) is 36. The standard InChI is InChI=1S/C52H103NO5/c1-4-7-10-13-16-19-22-25-27-28-31-34-37-40-43-48(58-52(57)45-42-39-36-33-30-24-21-18-15-12-9-6-3)46-51(56)53-49(47-54)50(55)44-41-38-35-32-29-26-23-20-17-14-11-8-5-2/h48-50,54-55H,4-47H2,1-3H3,(H,53,56). The topological polar surface area (TPSA) is 95.9 Å². The Bertz CT molecular complexity index is 837. The van der Waals surface area contributed by atoms with Crippen molar-refractivity contribution in [3.8, 4) is 0 Å². The van der Waals surface area contributed by atoms with Crippen molar-refractivity contribution < 1.29 is 24.5 Å². The second kappa shape index (κ2) is 46.9. The number of amides is 1. The second-order valence-electron chi connectivity index (χ2n) is 18.3. The minimum atomic E-state index is -0.778. The lowest BCUT2D eigenvalue weighted by Crippen LogP contribution is -2.46. The van der Waals surface area contributed by atoms with E-state index in [2.05, 4.69) is 26.1 Å². The first kappa shape index (κ1) is 56.9. The van der Waals surface area contributed by atoms with E-state index in [0.29, 0.717) is 19.3 Å². The minimum Gasteiger partial charge on any atom is -0.462 e. The fraction of sp³-hybridized carbons (Fsp3) is 0.962. The summed E-state index contributed by atoms with van der Waals surface area (Å²) in [5.41, 5.74) is 0. The third kappa shape index (κ3) is 41.6. The van der Waals surface area contributed by atoms with E-state index in [-0.39, 0.29) is 24.9 Å². The van der Waals surface area contributed by atoms with Gasteiger partial charge in [-0.2, -0.15) is 0 Å². The van der Waals surface area contributed by atoms with Crippen LogP contribution >= 0.6 is 0 Å². The lowest BCUT2D eigenvalue weighted by atomic mass is 10.0. The van der Waals surface area contributed by atoms with Crippen LogP contribution in [-0.2, 0) is 14.3 Å². The van der Waals surface area contributed by atoms with Crippen LogP contribution in [0.4, 0.5) is 0 Å². The lowest BCUT2D eigenvalue weighted by molar-refractivity contribution is -0.151. The molecule has 0 aromatic carbocycles. The van der Waals surface area contributed by atoms with Gasteiger partial charge in [0.2, 0.25) is 5.91 Å². The van der Waals surface area contributed by atoms with E-state index in [1.54, 1.807) is 0 Å². The smallest absolute Gasteiger partial charge is 0.306 e. The number of carbonyl (C=O) groups is 2. The Morgan fingerprint density at radius 2 is 0.724 bits per heavy atom. The number of hydrogen-bond donors (Lipinski definition) is 3. The monoisotopic (exact) mass is 822 g/mol. The van der Waals surface area contributed by atoms with Gasteiger partial charge in [0.1, 0.15) is 6.10 Å². The van der Waals surface area contributed by atoms with Gasteiger partial charge in [-0.3, -0.25) is 9.59 Å². The Kier molecular flexibility index (Phi) is 46.0. The van der Waals surface area contributed by atoms with E-state index >= 15 is 0 Å². The highest BCUT2D eigenvalue weighted by Crippen LogP contribution is 2.19. The van der Waals surface area contributed by atoms with Gasteiger partial charge in [0.05, 0.1) is 25.2 Å². The molecule has 6 heteroatoms. The van der Waals surface area contributed by atoms with E-state index in [1.165, 1.54) is 205 Å². The summed E-state index contributed by atoms with van der Waals surface area (Å²) >= 11 is 0. The molecule has 0 aliphatic heterocycles.